The third-order valence-electron chi connectivity index (χ3n) is 1.62. The topological polar surface area (TPSA) is 46.6 Å². The molecule has 0 aliphatic carbocycles. The number of likely N-dealkylation sites (N-methyl/N-ethyl adjacent to an activating group) is 1. The van der Waals surface area contributed by atoms with E-state index in [0.29, 0.717) is 13.0 Å². The van der Waals surface area contributed by atoms with Gasteiger partial charge in [-0.1, -0.05) is 6.92 Å². The number of hydrogen-bond donors (Lipinski definition) is 0. The minimum absolute atomic E-state index is 0.0923. The predicted octanol–water partition coefficient (Wildman–Crippen LogP) is 0.808. The summed E-state index contributed by atoms with van der Waals surface area (Å²) in [6.45, 7) is 4.06. The normalized spacial score (nSPS) is 9.46. The van der Waals surface area contributed by atoms with Crippen LogP contribution < -0.4 is 0 Å². The van der Waals surface area contributed by atoms with Gasteiger partial charge in [0.05, 0.1) is 6.54 Å². The van der Waals surface area contributed by atoms with Crippen molar-refractivity contribution >= 4 is 11.9 Å². The Hall–Kier alpha value is -1.06. The van der Waals surface area contributed by atoms with Crippen LogP contribution in [0.3, 0.4) is 0 Å². The highest BCUT2D eigenvalue weighted by molar-refractivity contribution is 5.75. The fraction of sp³-hybridized carbons (Fsp3) is 0.778. The lowest BCUT2D eigenvalue weighted by molar-refractivity contribution is -0.143. The molecule has 1 amide bonds. The van der Waals surface area contributed by atoms with Crippen LogP contribution in [0.1, 0.15) is 26.7 Å². The average molecular weight is 187 g/mol. The van der Waals surface area contributed by atoms with E-state index < -0.39 is 0 Å². The molecular formula is C9H17NO3. The van der Waals surface area contributed by atoms with Gasteiger partial charge >= 0.3 is 5.97 Å². The zero-order chi connectivity index (χ0) is 10.3. The monoisotopic (exact) mass is 187 g/mol. The summed E-state index contributed by atoms with van der Waals surface area (Å²) in [4.78, 5) is 23.2. The number of esters is 1. The van der Waals surface area contributed by atoms with Gasteiger partial charge in [0.25, 0.3) is 0 Å². The van der Waals surface area contributed by atoms with E-state index in [1.165, 1.54) is 6.92 Å². The second kappa shape index (κ2) is 6.46. The first-order chi connectivity index (χ1) is 6.07. The molecular weight excluding hydrogens is 170 g/mol. The largest absolute Gasteiger partial charge is 0.464 e. The van der Waals surface area contributed by atoms with Crippen molar-refractivity contribution in [1.29, 1.82) is 0 Å². The molecule has 0 fully saturated rings. The molecule has 0 atom stereocenters. The summed E-state index contributed by atoms with van der Waals surface area (Å²) in [6, 6.07) is 0. The van der Waals surface area contributed by atoms with E-state index in [9.17, 15) is 9.59 Å². The van der Waals surface area contributed by atoms with Crippen molar-refractivity contribution in [1.82, 2.24) is 4.90 Å². The van der Waals surface area contributed by atoms with Crippen LogP contribution in [0.25, 0.3) is 0 Å². The van der Waals surface area contributed by atoms with E-state index in [0.717, 1.165) is 6.42 Å². The van der Waals surface area contributed by atoms with Crippen LogP contribution >= 0.6 is 0 Å². The van der Waals surface area contributed by atoms with Gasteiger partial charge in [-0.25, -0.2) is 0 Å². The minimum atomic E-state index is -0.309. The Kier molecular flexibility index (Phi) is 5.93. The van der Waals surface area contributed by atoms with Gasteiger partial charge in [0.1, 0.15) is 6.61 Å². The average Bonchev–Trinajstić information content (AvgIpc) is 2.04. The quantitative estimate of drug-likeness (QED) is 0.598. The first-order valence-corrected chi connectivity index (χ1v) is 4.45. The van der Waals surface area contributed by atoms with Crippen molar-refractivity contribution in [2.75, 3.05) is 20.2 Å². The molecule has 13 heavy (non-hydrogen) atoms. The Labute approximate surface area is 78.9 Å². The number of hydrogen-bond acceptors (Lipinski definition) is 3. The molecule has 0 heterocycles. The van der Waals surface area contributed by atoms with Crippen molar-refractivity contribution < 1.29 is 14.3 Å². The third kappa shape index (κ3) is 6.13. The lowest BCUT2D eigenvalue weighted by Gasteiger charge is -2.16. The van der Waals surface area contributed by atoms with Crippen LogP contribution in [0.2, 0.25) is 0 Å². The standard InChI is InChI=1S/C9H17NO3/c1-4-5-9(12)10(3)6-7-13-8(2)11/h4-7H2,1-3H3. The van der Waals surface area contributed by atoms with Crippen LogP contribution in [0, 0.1) is 0 Å². The van der Waals surface area contributed by atoms with Gasteiger partial charge in [-0.3, -0.25) is 9.59 Å². The van der Waals surface area contributed by atoms with Crippen LogP contribution in [-0.4, -0.2) is 37.0 Å². The molecule has 0 radical (unpaired) electrons. The van der Waals surface area contributed by atoms with E-state index in [1.54, 1.807) is 11.9 Å². The molecule has 0 aromatic rings. The summed E-state index contributed by atoms with van der Waals surface area (Å²) in [6.07, 6.45) is 1.40. The number of amides is 1. The van der Waals surface area contributed by atoms with Gasteiger partial charge in [0.2, 0.25) is 5.91 Å². The van der Waals surface area contributed by atoms with Crippen LogP contribution in [0.5, 0.6) is 0 Å². The lowest BCUT2D eigenvalue weighted by Crippen LogP contribution is -2.30. The van der Waals surface area contributed by atoms with E-state index in [-0.39, 0.29) is 18.5 Å². The van der Waals surface area contributed by atoms with Gasteiger partial charge in [-0.05, 0) is 6.42 Å². The lowest BCUT2D eigenvalue weighted by atomic mass is 10.3. The van der Waals surface area contributed by atoms with Gasteiger partial charge in [0, 0.05) is 20.4 Å². The molecule has 0 aliphatic rings. The van der Waals surface area contributed by atoms with Crippen molar-refractivity contribution in [3.8, 4) is 0 Å². The fourth-order valence-electron chi connectivity index (χ4n) is 0.856. The molecule has 0 saturated carbocycles. The summed E-state index contributed by atoms with van der Waals surface area (Å²) in [5, 5.41) is 0. The van der Waals surface area contributed by atoms with Crippen molar-refractivity contribution in [2.45, 2.75) is 26.7 Å². The molecule has 0 rings (SSSR count). The Balaban J connectivity index is 3.55. The summed E-state index contributed by atoms with van der Waals surface area (Å²) < 4.78 is 4.71. The number of nitrogens with zero attached hydrogens (tertiary/aromatic N) is 1. The van der Waals surface area contributed by atoms with E-state index in [1.807, 2.05) is 6.92 Å². The van der Waals surface area contributed by atoms with Crippen molar-refractivity contribution in [2.24, 2.45) is 0 Å². The highest BCUT2D eigenvalue weighted by Crippen LogP contribution is 1.94. The van der Waals surface area contributed by atoms with Gasteiger partial charge in [-0.15, -0.1) is 0 Å². The second-order valence-corrected chi connectivity index (χ2v) is 2.91. The summed E-state index contributed by atoms with van der Waals surface area (Å²) in [5.41, 5.74) is 0. The molecule has 0 aliphatic heterocycles. The van der Waals surface area contributed by atoms with Gasteiger partial charge in [-0.2, -0.15) is 0 Å². The Morgan fingerprint density at radius 2 is 2.00 bits per heavy atom. The summed E-state index contributed by atoms with van der Waals surface area (Å²) in [5.74, 6) is -0.217. The first-order valence-electron chi connectivity index (χ1n) is 4.45. The smallest absolute Gasteiger partial charge is 0.302 e. The number of rotatable bonds is 5. The molecule has 0 unspecified atom stereocenters. The summed E-state index contributed by atoms with van der Waals surface area (Å²) >= 11 is 0. The maximum absolute atomic E-state index is 11.2. The fourth-order valence-corrected chi connectivity index (χ4v) is 0.856. The SMILES string of the molecule is CCCC(=O)N(C)CCOC(C)=O. The minimum Gasteiger partial charge on any atom is -0.464 e. The molecule has 0 N–H and O–H groups in total. The molecule has 0 saturated heterocycles. The Morgan fingerprint density at radius 3 is 2.46 bits per heavy atom. The zero-order valence-electron chi connectivity index (χ0n) is 8.50. The highest BCUT2D eigenvalue weighted by atomic mass is 16.5. The molecule has 0 aromatic heterocycles. The Morgan fingerprint density at radius 1 is 1.38 bits per heavy atom. The predicted molar refractivity (Wildman–Crippen MR) is 49.2 cm³/mol. The summed E-state index contributed by atoms with van der Waals surface area (Å²) in [7, 11) is 1.71. The molecule has 0 aromatic carbocycles. The maximum Gasteiger partial charge on any atom is 0.302 e. The molecule has 0 bridgehead atoms. The van der Waals surface area contributed by atoms with E-state index in [2.05, 4.69) is 0 Å². The van der Waals surface area contributed by atoms with E-state index >= 15 is 0 Å². The van der Waals surface area contributed by atoms with Crippen molar-refractivity contribution in [3.05, 3.63) is 0 Å². The van der Waals surface area contributed by atoms with Crippen LogP contribution in [-0.2, 0) is 14.3 Å². The Bertz CT molecular complexity index is 180. The molecule has 76 valence electrons. The second-order valence-electron chi connectivity index (χ2n) is 2.91. The van der Waals surface area contributed by atoms with Crippen LogP contribution in [0.15, 0.2) is 0 Å². The molecule has 4 heteroatoms. The van der Waals surface area contributed by atoms with Crippen molar-refractivity contribution in [3.63, 3.8) is 0 Å². The molecule has 0 spiro atoms. The number of carbonyl (C=O) groups excluding carboxylic acids is 2. The van der Waals surface area contributed by atoms with Gasteiger partial charge in [0.15, 0.2) is 0 Å². The molecule has 4 nitrogen and oxygen atoms in total. The number of carbonyl (C=O) groups is 2. The van der Waals surface area contributed by atoms with Crippen LogP contribution in [0.4, 0.5) is 0 Å². The zero-order valence-corrected chi connectivity index (χ0v) is 8.50. The number of ether oxygens (including phenoxy) is 1. The first kappa shape index (κ1) is 11.9. The van der Waals surface area contributed by atoms with Gasteiger partial charge < -0.3 is 9.64 Å². The van der Waals surface area contributed by atoms with E-state index in [4.69, 9.17) is 4.74 Å². The third-order valence-corrected chi connectivity index (χ3v) is 1.62. The highest BCUT2D eigenvalue weighted by Gasteiger charge is 2.06. The maximum atomic E-state index is 11.2.